The molecule has 0 spiro atoms. The van der Waals surface area contributed by atoms with Gasteiger partial charge in [0, 0.05) is 11.1 Å². The maximum Gasteiger partial charge on any atom is 0.251 e. The van der Waals surface area contributed by atoms with E-state index in [0.29, 0.717) is 5.57 Å². The van der Waals surface area contributed by atoms with Crippen LogP contribution in [0.2, 0.25) is 0 Å². The summed E-state index contributed by atoms with van der Waals surface area (Å²) in [5, 5.41) is 6.37. The maximum absolute atomic E-state index is 11.6. The summed E-state index contributed by atoms with van der Waals surface area (Å²) in [5.41, 5.74) is 0.289. The van der Waals surface area contributed by atoms with Gasteiger partial charge < -0.3 is 10.2 Å². The predicted octanol–water partition coefficient (Wildman–Crippen LogP) is 1.36. The Balaban J connectivity index is 2.69. The van der Waals surface area contributed by atoms with Gasteiger partial charge in [0.1, 0.15) is 6.26 Å². The van der Waals surface area contributed by atoms with Gasteiger partial charge in [-0.2, -0.15) is 0 Å². The van der Waals surface area contributed by atoms with Crippen LogP contribution in [0.25, 0.3) is 0 Å². The van der Waals surface area contributed by atoms with Crippen LogP contribution < -0.4 is 5.32 Å². The molecule has 0 bridgehead atoms. The quantitative estimate of drug-likeness (QED) is 0.685. The summed E-state index contributed by atoms with van der Waals surface area (Å²) in [7, 11) is 0. The van der Waals surface area contributed by atoms with E-state index in [1.165, 1.54) is 12.5 Å². The summed E-state index contributed by atoms with van der Waals surface area (Å²) in [4.78, 5) is 16.3. The second-order valence-electron chi connectivity index (χ2n) is 3.99. The van der Waals surface area contributed by atoms with Crippen LogP contribution in [0.3, 0.4) is 0 Å². The number of rotatable bonds is 1. The summed E-state index contributed by atoms with van der Waals surface area (Å²) in [6, 6.07) is 0. The number of amides is 1. The monoisotopic (exact) mass is 194 g/mol. The molecule has 0 aromatic rings. The Hall–Kier alpha value is -1.58. The van der Waals surface area contributed by atoms with Crippen molar-refractivity contribution >= 4 is 12.1 Å². The lowest BCUT2D eigenvalue weighted by Gasteiger charge is -2.20. The smallest absolute Gasteiger partial charge is 0.251 e. The summed E-state index contributed by atoms with van der Waals surface area (Å²) in [6.07, 6.45) is 5.99. The zero-order valence-corrected chi connectivity index (χ0v) is 8.57. The van der Waals surface area contributed by atoms with Crippen LogP contribution in [0.5, 0.6) is 0 Å². The van der Waals surface area contributed by atoms with Crippen LogP contribution in [-0.4, -0.2) is 17.7 Å². The minimum Gasteiger partial charge on any atom is -0.365 e. The SMILES string of the molecule is CC(C)(C)NC(=O)C1=CC=NOC=C1. The predicted molar refractivity (Wildman–Crippen MR) is 54.7 cm³/mol. The largest absolute Gasteiger partial charge is 0.365 e. The van der Waals surface area contributed by atoms with Gasteiger partial charge >= 0.3 is 0 Å². The van der Waals surface area contributed by atoms with Gasteiger partial charge in [0.15, 0.2) is 0 Å². The molecule has 0 saturated carbocycles. The average molecular weight is 194 g/mol. The second-order valence-corrected chi connectivity index (χ2v) is 3.99. The number of hydrogen-bond acceptors (Lipinski definition) is 3. The van der Waals surface area contributed by atoms with Crippen LogP contribution in [0.4, 0.5) is 0 Å². The van der Waals surface area contributed by atoms with Crippen molar-refractivity contribution in [1.29, 1.82) is 0 Å². The zero-order chi connectivity index (χ0) is 10.6. The lowest BCUT2D eigenvalue weighted by atomic mass is 10.1. The molecule has 14 heavy (non-hydrogen) atoms. The van der Waals surface area contributed by atoms with E-state index < -0.39 is 0 Å². The molecule has 1 aliphatic rings. The number of carbonyl (C=O) groups excluding carboxylic acids is 1. The van der Waals surface area contributed by atoms with Crippen molar-refractivity contribution in [3.05, 3.63) is 24.0 Å². The number of allylic oxidation sites excluding steroid dienone is 1. The lowest BCUT2D eigenvalue weighted by Crippen LogP contribution is -2.41. The van der Waals surface area contributed by atoms with Gasteiger partial charge in [0.25, 0.3) is 5.91 Å². The van der Waals surface area contributed by atoms with Crippen molar-refractivity contribution in [3.8, 4) is 0 Å². The first-order chi connectivity index (χ1) is 6.49. The van der Waals surface area contributed by atoms with Gasteiger partial charge in [-0.25, -0.2) is 0 Å². The summed E-state index contributed by atoms with van der Waals surface area (Å²) in [6.45, 7) is 5.78. The molecule has 0 aromatic heterocycles. The first-order valence-electron chi connectivity index (χ1n) is 4.37. The van der Waals surface area contributed by atoms with Gasteiger partial charge in [0.05, 0.1) is 6.21 Å². The third kappa shape index (κ3) is 3.43. The Labute approximate surface area is 83.3 Å². The van der Waals surface area contributed by atoms with Gasteiger partial charge in [-0.05, 0) is 32.9 Å². The molecule has 4 nitrogen and oxygen atoms in total. The number of hydrogen-bond donors (Lipinski definition) is 1. The van der Waals surface area contributed by atoms with Gasteiger partial charge in [-0.1, -0.05) is 5.16 Å². The molecule has 1 heterocycles. The molecule has 1 aliphatic heterocycles. The van der Waals surface area contributed by atoms with E-state index in [4.69, 9.17) is 0 Å². The molecular formula is C10H14N2O2. The Morgan fingerprint density at radius 2 is 2.21 bits per heavy atom. The van der Waals surface area contributed by atoms with Gasteiger partial charge in [-0.15, -0.1) is 0 Å². The van der Waals surface area contributed by atoms with E-state index in [2.05, 4.69) is 15.3 Å². The summed E-state index contributed by atoms with van der Waals surface area (Å²) >= 11 is 0. The van der Waals surface area contributed by atoms with Crippen LogP contribution in [0.15, 0.2) is 29.1 Å². The molecule has 76 valence electrons. The van der Waals surface area contributed by atoms with Crippen LogP contribution in [0, 0.1) is 0 Å². The fourth-order valence-corrected chi connectivity index (χ4v) is 0.904. The van der Waals surface area contributed by atoms with E-state index in [1.54, 1.807) is 12.2 Å². The van der Waals surface area contributed by atoms with Crippen LogP contribution in [-0.2, 0) is 9.63 Å². The van der Waals surface area contributed by atoms with Gasteiger partial charge in [-0.3, -0.25) is 4.79 Å². The van der Waals surface area contributed by atoms with E-state index in [0.717, 1.165) is 0 Å². The molecule has 0 aromatic carbocycles. The maximum atomic E-state index is 11.6. The first-order valence-corrected chi connectivity index (χ1v) is 4.37. The molecule has 1 N–H and O–H groups in total. The van der Waals surface area contributed by atoms with E-state index in [-0.39, 0.29) is 11.4 Å². The van der Waals surface area contributed by atoms with Gasteiger partial charge in [0.2, 0.25) is 0 Å². The number of nitrogens with zero attached hydrogens (tertiary/aromatic N) is 1. The first kappa shape index (κ1) is 10.5. The summed E-state index contributed by atoms with van der Waals surface area (Å²) in [5.74, 6) is -0.134. The molecule has 0 unspecified atom stereocenters. The molecule has 1 rings (SSSR count). The van der Waals surface area contributed by atoms with Crippen molar-refractivity contribution < 1.29 is 9.63 Å². The molecule has 0 atom stereocenters. The zero-order valence-electron chi connectivity index (χ0n) is 8.57. The third-order valence-corrected chi connectivity index (χ3v) is 1.43. The Morgan fingerprint density at radius 3 is 2.86 bits per heavy atom. The highest BCUT2D eigenvalue weighted by Gasteiger charge is 2.15. The van der Waals surface area contributed by atoms with Crippen molar-refractivity contribution in [1.82, 2.24) is 5.32 Å². The van der Waals surface area contributed by atoms with Crippen molar-refractivity contribution in [3.63, 3.8) is 0 Å². The second kappa shape index (κ2) is 4.09. The standard InChI is InChI=1S/C10H14N2O2/c1-10(2,3)12-9(13)8-4-6-11-14-7-5-8/h4-7H,1-3H3,(H,12,13). The Morgan fingerprint density at radius 1 is 1.50 bits per heavy atom. The third-order valence-electron chi connectivity index (χ3n) is 1.43. The number of carbonyl (C=O) groups is 1. The van der Waals surface area contributed by atoms with Crippen LogP contribution >= 0.6 is 0 Å². The topological polar surface area (TPSA) is 50.7 Å². The molecule has 0 aliphatic carbocycles. The molecule has 0 radical (unpaired) electrons. The molecular weight excluding hydrogens is 180 g/mol. The lowest BCUT2D eigenvalue weighted by molar-refractivity contribution is -0.118. The fourth-order valence-electron chi connectivity index (χ4n) is 0.904. The Bertz CT molecular complexity index is 309. The van der Waals surface area contributed by atoms with E-state index >= 15 is 0 Å². The van der Waals surface area contributed by atoms with E-state index in [1.807, 2.05) is 20.8 Å². The molecule has 4 heteroatoms. The Kier molecular flexibility index (Phi) is 3.06. The highest BCUT2D eigenvalue weighted by molar-refractivity contribution is 6.00. The molecule has 0 saturated heterocycles. The molecule has 1 amide bonds. The van der Waals surface area contributed by atoms with Crippen molar-refractivity contribution in [2.45, 2.75) is 26.3 Å². The van der Waals surface area contributed by atoms with Crippen LogP contribution in [0.1, 0.15) is 20.8 Å². The minimum absolute atomic E-state index is 0.134. The normalized spacial score (nSPS) is 15.5. The average Bonchev–Trinajstić information content (AvgIpc) is 2.27. The summed E-state index contributed by atoms with van der Waals surface area (Å²) < 4.78 is 0. The van der Waals surface area contributed by atoms with Crippen molar-refractivity contribution in [2.24, 2.45) is 5.16 Å². The number of oxime groups is 1. The highest BCUT2D eigenvalue weighted by atomic mass is 16.6. The molecule has 0 fully saturated rings. The minimum atomic E-state index is -0.240. The highest BCUT2D eigenvalue weighted by Crippen LogP contribution is 2.05. The van der Waals surface area contributed by atoms with Crippen molar-refractivity contribution in [2.75, 3.05) is 0 Å². The number of nitrogens with one attached hydrogen (secondary N) is 1. The van der Waals surface area contributed by atoms with E-state index in [9.17, 15) is 4.79 Å². The fraction of sp³-hybridized carbons (Fsp3) is 0.400.